The zero-order valence-corrected chi connectivity index (χ0v) is 10.2. The first kappa shape index (κ1) is 11.2. The van der Waals surface area contributed by atoms with Crippen molar-refractivity contribution in [1.29, 1.82) is 0 Å². The van der Waals surface area contributed by atoms with Crippen LogP contribution in [0.4, 0.5) is 11.8 Å². The number of H-pyrrole nitrogens is 1. The van der Waals surface area contributed by atoms with Crippen molar-refractivity contribution in [3.8, 4) is 0 Å². The molecule has 0 aromatic carbocycles. The number of nitrogens with one attached hydrogen (secondary N) is 2. The maximum atomic E-state index is 9.77. The molecule has 96 valence electrons. The molecule has 1 atom stereocenters. The van der Waals surface area contributed by atoms with Gasteiger partial charge < -0.3 is 15.3 Å². The Balaban J connectivity index is 2.05. The second-order valence-electron chi connectivity index (χ2n) is 4.50. The van der Waals surface area contributed by atoms with Gasteiger partial charge in [-0.3, -0.25) is 5.10 Å². The van der Waals surface area contributed by atoms with Crippen LogP contribution in [0.1, 0.15) is 12.8 Å². The van der Waals surface area contributed by atoms with Gasteiger partial charge in [0.25, 0.3) is 0 Å². The summed E-state index contributed by atoms with van der Waals surface area (Å²) in [6.45, 7) is 1.51. The van der Waals surface area contributed by atoms with Gasteiger partial charge in [-0.2, -0.15) is 15.1 Å². The van der Waals surface area contributed by atoms with Gasteiger partial charge in [0.1, 0.15) is 5.82 Å². The van der Waals surface area contributed by atoms with Gasteiger partial charge in [-0.1, -0.05) is 0 Å². The molecular formula is C11H16N6O. The third kappa shape index (κ3) is 1.86. The normalized spacial score (nSPS) is 20.3. The predicted molar refractivity (Wildman–Crippen MR) is 68.7 cm³/mol. The van der Waals surface area contributed by atoms with Crippen molar-refractivity contribution in [2.24, 2.45) is 0 Å². The second kappa shape index (κ2) is 4.41. The van der Waals surface area contributed by atoms with Gasteiger partial charge >= 0.3 is 0 Å². The Hall–Kier alpha value is -1.89. The van der Waals surface area contributed by atoms with E-state index < -0.39 is 0 Å². The standard InChI is InChI=1S/C11H16N6O/c1-12-11-14-9-8(5-13-16-9)10(15-11)17-4-2-3-7(18)6-17/h5,7,18H,2-4,6H2,1H3,(H2,12,13,14,15,16). The Morgan fingerprint density at radius 2 is 2.39 bits per heavy atom. The number of aliphatic hydroxyl groups is 1. The molecule has 0 saturated carbocycles. The van der Waals surface area contributed by atoms with Crippen molar-refractivity contribution in [2.45, 2.75) is 18.9 Å². The van der Waals surface area contributed by atoms with Crippen molar-refractivity contribution in [2.75, 3.05) is 30.4 Å². The van der Waals surface area contributed by atoms with Crippen LogP contribution in [0.5, 0.6) is 0 Å². The van der Waals surface area contributed by atoms with E-state index in [0.29, 0.717) is 18.1 Å². The number of β-amino-alcohol motifs (C(OH)–C–C–N with tert-alkyl or cyclic N) is 1. The summed E-state index contributed by atoms with van der Waals surface area (Å²) >= 11 is 0. The smallest absolute Gasteiger partial charge is 0.226 e. The number of hydrogen-bond acceptors (Lipinski definition) is 6. The van der Waals surface area contributed by atoms with Crippen LogP contribution in [-0.4, -0.2) is 51.5 Å². The van der Waals surface area contributed by atoms with Crippen LogP contribution in [0, 0.1) is 0 Å². The van der Waals surface area contributed by atoms with E-state index in [4.69, 9.17) is 0 Å². The van der Waals surface area contributed by atoms with Crippen molar-refractivity contribution < 1.29 is 5.11 Å². The lowest BCUT2D eigenvalue weighted by atomic mass is 10.1. The fourth-order valence-electron chi connectivity index (χ4n) is 2.32. The molecule has 1 aliphatic heterocycles. The molecule has 2 aromatic rings. The zero-order chi connectivity index (χ0) is 12.5. The van der Waals surface area contributed by atoms with Crippen LogP contribution in [0.3, 0.4) is 0 Å². The lowest BCUT2D eigenvalue weighted by Gasteiger charge is -2.31. The van der Waals surface area contributed by atoms with E-state index in [-0.39, 0.29) is 6.10 Å². The number of fused-ring (bicyclic) bond motifs is 1. The van der Waals surface area contributed by atoms with Crippen LogP contribution >= 0.6 is 0 Å². The zero-order valence-electron chi connectivity index (χ0n) is 10.2. The van der Waals surface area contributed by atoms with Gasteiger partial charge in [0.2, 0.25) is 5.95 Å². The van der Waals surface area contributed by atoms with Crippen LogP contribution < -0.4 is 10.2 Å². The summed E-state index contributed by atoms with van der Waals surface area (Å²) in [5.74, 6) is 1.39. The number of aliphatic hydroxyl groups excluding tert-OH is 1. The number of aromatic nitrogens is 4. The highest BCUT2D eigenvalue weighted by atomic mass is 16.3. The number of aromatic amines is 1. The summed E-state index contributed by atoms with van der Waals surface area (Å²) < 4.78 is 0. The Labute approximate surface area is 104 Å². The first-order chi connectivity index (χ1) is 8.78. The summed E-state index contributed by atoms with van der Waals surface area (Å²) in [5.41, 5.74) is 0.712. The fourth-order valence-corrected chi connectivity index (χ4v) is 2.32. The molecule has 1 fully saturated rings. The first-order valence-electron chi connectivity index (χ1n) is 6.10. The van der Waals surface area contributed by atoms with E-state index in [0.717, 1.165) is 30.6 Å². The van der Waals surface area contributed by atoms with Gasteiger partial charge in [0, 0.05) is 20.1 Å². The second-order valence-corrected chi connectivity index (χ2v) is 4.50. The van der Waals surface area contributed by atoms with E-state index in [1.165, 1.54) is 0 Å². The molecule has 0 amide bonds. The maximum Gasteiger partial charge on any atom is 0.226 e. The Morgan fingerprint density at radius 1 is 1.50 bits per heavy atom. The molecule has 3 heterocycles. The first-order valence-corrected chi connectivity index (χ1v) is 6.10. The average Bonchev–Trinajstić information content (AvgIpc) is 2.85. The van der Waals surface area contributed by atoms with Crippen molar-refractivity contribution >= 4 is 22.8 Å². The van der Waals surface area contributed by atoms with Gasteiger partial charge in [-0.05, 0) is 12.8 Å². The number of hydrogen-bond donors (Lipinski definition) is 3. The highest BCUT2D eigenvalue weighted by Crippen LogP contribution is 2.26. The molecule has 18 heavy (non-hydrogen) atoms. The molecule has 0 spiro atoms. The average molecular weight is 248 g/mol. The summed E-state index contributed by atoms with van der Waals surface area (Å²) in [6, 6.07) is 0. The van der Waals surface area contributed by atoms with Crippen LogP contribution in [-0.2, 0) is 0 Å². The molecule has 1 unspecified atom stereocenters. The van der Waals surface area contributed by atoms with E-state index in [9.17, 15) is 5.11 Å². The summed E-state index contributed by atoms with van der Waals surface area (Å²) in [5, 5.41) is 20.5. The third-order valence-corrected chi connectivity index (χ3v) is 3.21. The molecule has 0 aliphatic carbocycles. The van der Waals surface area contributed by atoms with Gasteiger partial charge in [0.15, 0.2) is 5.65 Å². The number of nitrogens with zero attached hydrogens (tertiary/aromatic N) is 4. The Morgan fingerprint density at radius 3 is 3.17 bits per heavy atom. The fraction of sp³-hybridized carbons (Fsp3) is 0.545. The highest BCUT2D eigenvalue weighted by Gasteiger charge is 2.22. The minimum Gasteiger partial charge on any atom is -0.391 e. The Bertz CT molecular complexity index is 553. The SMILES string of the molecule is CNc1nc(N2CCCC(O)C2)c2cn[nH]c2n1. The van der Waals surface area contributed by atoms with E-state index in [1.807, 2.05) is 0 Å². The van der Waals surface area contributed by atoms with Gasteiger partial charge in [0.05, 0.1) is 17.7 Å². The molecule has 3 N–H and O–H groups in total. The molecular weight excluding hydrogens is 232 g/mol. The van der Waals surface area contributed by atoms with Crippen molar-refractivity contribution in [3.63, 3.8) is 0 Å². The molecule has 0 radical (unpaired) electrons. The largest absolute Gasteiger partial charge is 0.391 e. The van der Waals surface area contributed by atoms with E-state index in [2.05, 4.69) is 30.4 Å². The predicted octanol–water partition coefficient (Wildman–Crippen LogP) is 0.356. The molecule has 1 saturated heterocycles. The summed E-state index contributed by atoms with van der Waals surface area (Å²) in [4.78, 5) is 10.9. The van der Waals surface area contributed by atoms with Crippen molar-refractivity contribution in [1.82, 2.24) is 20.2 Å². The molecule has 0 bridgehead atoms. The molecule has 7 nitrogen and oxygen atoms in total. The third-order valence-electron chi connectivity index (χ3n) is 3.21. The molecule has 7 heteroatoms. The number of rotatable bonds is 2. The number of piperidine rings is 1. The summed E-state index contributed by atoms with van der Waals surface area (Å²) in [6.07, 6.45) is 3.27. The highest BCUT2D eigenvalue weighted by molar-refractivity contribution is 5.87. The monoisotopic (exact) mass is 248 g/mol. The van der Waals surface area contributed by atoms with Gasteiger partial charge in [-0.25, -0.2) is 0 Å². The maximum absolute atomic E-state index is 9.77. The van der Waals surface area contributed by atoms with E-state index >= 15 is 0 Å². The van der Waals surface area contributed by atoms with E-state index in [1.54, 1.807) is 13.2 Å². The minimum absolute atomic E-state index is 0.284. The van der Waals surface area contributed by atoms with Crippen LogP contribution in [0.2, 0.25) is 0 Å². The Kier molecular flexibility index (Phi) is 2.75. The van der Waals surface area contributed by atoms with Gasteiger partial charge in [-0.15, -0.1) is 0 Å². The summed E-state index contributed by atoms with van der Waals surface area (Å²) in [7, 11) is 1.78. The van der Waals surface area contributed by atoms with Crippen molar-refractivity contribution in [3.05, 3.63) is 6.20 Å². The number of anilines is 2. The minimum atomic E-state index is -0.284. The van der Waals surface area contributed by atoms with Crippen LogP contribution in [0.15, 0.2) is 6.20 Å². The molecule has 1 aliphatic rings. The lowest BCUT2D eigenvalue weighted by molar-refractivity contribution is 0.154. The lowest BCUT2D eigenvalue weighted by Crippen LogP contribution is -2.38. The topological polar surface area (TPSA) is 90.0 Å². The molecule has 3 rings (SSSR count). The molecule has 2 aromatic heterocycles. The quantitative estimate of drug-likeness (QED) is 0.711. The van der Waals surface area contributed by atoms with Crippen LogP contribution in [0.25, 0.3) is 11.0 Å².